The topological polar surface area (TPSA) is 12.0 Å². The van der Waals surface area contributed by atoms with Crippen LogP contribution in [-0.2, 0) is 5.41 Å². The zero-order valence-electron chi connectivity index (χ0n) is 9.59. The van der Waals surface area contributed by atoms with Gasteiger partial charge >= 0.3 is 0 Å². The highest BCUT2D eigenvalue weighted by Gasteiger charge is 2.19. The third-order valence-corrected chi connectivity index (χ3v) is 2.61. The largest absolute Gasteiger partial charge is 0.316 e. The molecule has 0 aliphatic rings. The average Bonchev–Trinajstić information content (AvgIpc) is 2.26. The summed E-state index contributed by atoms with van der Waals surface area (Å²) in [6, 6.07) is 10.4. The molecule has 0 aliphatic heterocycles. The van der Waals surface area contributed by atoms with Crippen molar-refractivity contribution in [2.24, 2.45) is 0 Å². The van der Waals surface area contributed by atoms with Crippen LogP contribution in [0.2, 0.25) is 0 Å². The standard InChI is InChI=1S/C13H20FN/c1-13(2,11-15-10-6-9-14)12-7-4-3-5-8-12/h3-5,7-8,15H,6,9-11H2,1-2H3. The van der Waals surface area contributed by atoms with E-state index < -0.39 is 0 Å². The first-order valence-corrected chi connectivity index (χ1v) is 5.49. The summed E-state index contributed by atoms with van der Waals surface area (Å²) in [5.74, 6) is 0. The fourth-order valence-electron chi connectivity index (χ4n) is 1.58. The van der Waals surface area contributed by atoms with Crippen LogP contribution in [0.5, 0.6) is 0 Å². The first-order chi connectivity index (χ1) is 7.17. The number of nitrogens with one attached hydrogen (secondary N) is 1. The Labute approximate surface area is 91.7 Å². The van der Waals surface area contributed by atoms with Gasteiger partial charge in [-0.2, -0.15) is 0 Å². The summed E-state index contributed by atoms with van der Waals surface area (Å²) < 4.78 is 11.9. The first kappa shape index (κ1) is 12.2. The lowest BCUT2D eigenvalue weighted by Gasteiger charge is -2.25. The van der Waals surface area contributed by atoms with Crippen molar-refractivity contribution in [3.8, 4) is 0 Å². The number of rotatable bonds is 6. The van der Waals surface area contributed by atoms with Gasteiger partial charge in [-0.3, -0.25) is 4.39 Å². The predicted molar refractivity (Wildman–Crippen MR) is 62.9 cm³/mol. The van der Waals surface area contributed by atoms with Gasteiger partial charge in [0.25, 0.3) is 0 Å². The third kappa shape index (κ3) is 4.00. The summed E-state index contributed by atoms with van der Waals surface area (Å²) in [7, 11) is 0. The minimum Gasteiger partial charge on any atom is -0.316 e. The van der Waals surface area contributed by atoms with E-state index in [0.717, 1.165) is 13.1 Å². The number of hydrogen-bond acceptors (Lipinski definition) is 1. The average molecular weight is 209 g/mol. The molecule has 1 nitrogen and oxygen atoms in total. The van der Waals surface area contributed by atoms with E-state index >= 15 is 0 Å². The molecule has 0 aliphatic carbocycles. The van der Waals surface area contributed by atoms with Crippen molar-refractivity contribution in [3.63, 3.8) is 0 Å². The molecule has 1 N–H and O–H groups in total. The summed E-state index contributed by atoms with van der Waals surface area (Å²) in [6.45, 7) is 5.80. The lowest BCUT2D eigenvalue weighted by atomic mass is 9.84. The number of alkyl halides is 1. The van der Waals surface area contributed by atoms with Crippen molar-refractivity contribution >= 4 is 0 Å². The lowest BCUT2D eigenvalue weighted by Crippen LogP contribution is -2.33. The van der Waals surface area contributed by atoms with Crippen LogP contribution >= 0.6 is 0 Å². The van der Waals surface area contributed by atoms with Crippen LogP contribution in [0.25, 0.3) is 0 Å². The molecule has 1 rings (SSSR count). The zero-order valence-corrected chi connectivity index (χ0v) is 9.59. The summed E-state index contributed by atoms with van der Waals surface area (Å²) in [6.07, 6.45) is 0.602. The molecule has 2 heteroatoms. The highest BCUT2D eigenvalue weighted by molar-refractivity contribution is 5.23. The number of hydrogen-bond donors (Lipinski definition) is 1. The summed E-state index contributed by atoms with van der Waals surface area (Å²) in [4.78, 5) is 0. The number of benzene rings is 1. The van der Waals surface area contributed by atoms with Crippen molar-refractivity contribution in [1.29, 1.82) is 0 Å². The highest BCUT2D eigenvalue weighted by atomic mass is 19.1. The molecule has 0 aromatic heterocycles. The Kier molecular flexibility index (Phi) is 4.76. The molecule has 0 bridgehead atoms. The van der Waals surface area contributed by atoms with Crippen LogP contribution in [-0.4, -0.2) is 19.8 Å². The van der Waals surface area contributed by atoms with Crippen LogP contribution < -0.4 is 5.32 Å². The van der Waals surface area contributed by atoms with Gasteiger partial charge in [-0.15, -0.1) is 0 Å². The SMILES string of the molecule is CC(C)(CNCCCF)c1ccccc1. The van der Waals surface area contributed by atoms with Gasteiger partial charge in [0.2, 0.25) is 0 Å². The van der Waals surface area contributed by atoms with Crippen LogP contribution in [0.4, 0.5) is 4.39 Å². The van der Waals surface area contributed by atoms with E-state index in [1.54, 1.807) is 0 Å². The van der Waals surface area contributed by atoms with Crippen molar-refractivity contribution in [2.45, 2.75) is 25.7 Å². The second kappa shape index (κ2) is 5.86. The quantitative estimate of drug-likeness (QED) is 0.710. The molecular formula is C13H20FN. The minimum atomic E-state index is -0.237. The molecule has 0 saturated heterocycles. The Morgan fingerprint density at radius 2 is 1.87 bits per heavy atom. The fraction of sp³-hybridized carbons (Fsp3) is 0.538. The van der Waals surface area contributed by atoms with Gasteiger partial charge in [-0.1, -0.05) is 44.2 Å². The van der Waals surface area contributed by atoms with Gasteiger partial charge in [-0.05, 0) is 18.5 Å². The van der Waals surface area contributed by atoms with Crippen LogP contribution in [0.1, 0.15) is 25.8 Å². The molecule has 0 atom stereocenters. The van der Waals surface area contributed by atoms with Gasteiger partial charge in [0.15, 0.2) is 0 Å². The van der Waals surface area contributed by atoms with E-state index in [0.29, 0.717) is 6.42 Å². The molecule has 84 valence electrons. The first-order valence-electron chi connectivity index (χ1n) is 5.49. The summed E-state index contributed by atoms with van der Waals surface area (Å²) >= 11 is 0. The van der Waals surface area contributed by atoms with E-state index in [-0.39, 0.29) is 12.1 Å². The Bertz CT molecular complexity index is 269. The zero-order chi connectivity index (χ0) is 11.1. The van der Waals surface area contributed by atoms with Gasteiger partial charge in [0.05, 0.1) is 6.67 Å². The predicted octanol–water partition coefficient (Wildman–Crippen LogP) is 2.91. The van der Waals surface area contributed by atoms with Crippen LogP contribution in [0.3, 0.4) is 0 Å². The van der Waals surface area contributed by atoms with Gasteiger partial charge < -0.3 is 5.32 Å². The van der Waals surface area contributed by atoms with E-state index in [9.17, 15) is 4.39 Å². The van der Waals surface area contributed by atoms with E-state index in [4.69, 9.17) is 0 Å². The molecule has 0 fully saturated rings. The maximum absolute atomic E-state index is 11.9. The molecule has 0 spiro atoms. The Morgan fingerprint density at radius 1 is 1.20 bits per heavy atom. The van der Waals surface area contributed by atoms with Gasteiger partial charge in [0, 0.05) is 12.0 Å². The van der Waals surface area contributed by atoms with Crippen LogP contribution in [0.15, 0.2) is 30.3 Å². The third-order valence-electron chi connectivity index (χ3n) is 2.61. The Hall–Kier alpha value is -0.890. The van der Waals surface area contributed by atoms with Gasteiger partial charge in [-0.25, -0.2) is 0 Å². The Balaban J connectivity index is 2.45. The summed E-state index contributed by atoms with van der Waals surface area (Å²) in [5.41, 5.74) is 1.43. The molecule has 0 radical (unpaired) electrons. The molecule has 0 unspecified atom stereocenters. The van der Waals surface area contributed by atoms with Crippen molar-refractivity contribution < 1.29 is 4.39 Å². The van der Waals surface area contributed by atoms with Crippen molar-refractivity contribution in [3.05, 3.63) is 35.9 Å². The van der Waals surface area contributed by atoms with Crippen molar-refractivity contribution in [1.82, 2.24) is 5.32 Å². The highest BCUT2D eigenvalue weighted by Crippen LogP contribution is 2.21. The lowest BCUT2D eigenvalue weighted by molar-refractivity contribution is 0.428. The molecular weight excluding hydrogens is 189 g/mol. The molecule has 0 amide bonds. The van der Waals surface area contributed by atoms with E-state index in [2.05, 4.69) is 43.4 Å². The van der Waals surface area contributed by atoms with Crippen LogP contribution in [0, 0.1) is 0 Å². The summed E-state index contributed by atoms with van der Waals surface area (Å²) in [5, 5.41) is 3.29. The second-order valence-electron chi connectivity index (χ2n) is 4.47. The van der Waals surface area contributed by atoms with E-state index in [1.165, 1.54) is 5.56 Å². The Morgan fingerprint density at radius 3 is 2.47 bits per heavy atom. The smallest absolute Gasteiger partial charge is 0.0906 e. The molecule has 0 heterocycles. The molecule has 1 aromatic rings. The second-order valence-corrected chi connectivity index (χ2v) is 4.47. The fourth-order valence-corrected chi connectivity index (χ4v) is 1.58. The normalized spacial score (nSPS) is 11.7. The maximum Gasteiger partial charge on any atom is 0.0906 e. The molecule has 15 heavy (non-hydrogen) atoms. The molecule has 1 aromatic carbocycles. The minimum absolute atomic E-state index is 0.109. The maximum atomic E-state index is 11.9. The van der Waals surface area contributed by atoms with Crippen molar-refractivity contribution in [2.75, 3.05) is 19.8 Å². The molecule has 0 saturated carbocycles. The number of halogens is 1. The van der Waals surface area contributed by atoms with Gasteiger partial charge in [0.1, 0.15) is 0 Å². The van der Waals surface area contributed by atoms with E-state index in [1.807, 2.05) is 6.07 Å². The monoisotopic (exact) mass is 209 g/mol.